The van der Waals surface area contributed by atoms with Crippen molar-refractivity contribution < 1.29 is 0 Å². The summed E-state index contributed by atoms with van der Waals surface area (Å²) in [7, 11) is 2.40. The SMILES string of the molecule is CC1CCCCC1N(C)C1(CN)CCCC(C2CC2)C1. The molecule has 0 aliphatic heterocycles. The van der Waals surface area contributed by atoms with Crippen LogP contribution in [0.1, 0.15) is 71.1 Å². The maximum Gasteiger partial charge on any atom is 0.0334 e. The van der Waals surface area contributed by atoms with Crippen molar-refractivity contribution in [3.05, 3.63) is 0 Å². The fourth-order valence-electron chi connectivity index (χ4n) is 5.23. The molecule has 0 spiro atoms. The Morgan fingerprint density at radius 2 is 1.75 bits per heavy atom. The maximum atomic E-state index is 6.33. The first-order chi connectivity index (χ1) is 9.66. The molecule has 0 aromatic heterocycles. The Morgan fingerprint density at radius 3 is 2.40 bits per heavy atom. The zero-order chi connectivity index (χ0) is 14.2. The minimum absolute atomic E-state index is 0.321. The molecular formula is C18H34N2. The molecule has 3 aliphatic carbocycles. The normalized spacial score (nSPS) is 42.9. The number of nitrogens with zero attached hydrogens (tertiary/aromatic N) is 1. The molecule has 0 aromatic rings. The summed E-state index contributed by atoms with van der Waals surface area (Å²) in [5.41, 5.74) is 6.65. The Balaban J connectivity index is 1.72. The first kappa shape index (κ1) is 14.8. The van der Waals surface area contributed by atoms with Crippen LogP contribution in [0.4, 0.5) is 0 Å². The van der Waals surface area contributed by atoms with Crippen molar-refractivity contribution in [2.24, 2.45) is 23.5 Å². The van der Waals surface area contributed by atoms with E-state index in [4.69, 9.17) is 5.73 Å². The first-order valence-corrected chi connectivity index (χ1v) is 9.09. The minimum atomic E-state index is 0.321. The summed E-state index contributed by atoms with van der Waals surface area (Å²) in [6.45, 7) is 3.34. The number of rotatable bonds is 4. The van der Waals surface area contributed by atoms with Gasteiger partial charge in [0.1, 0.15) is 0 Å². The van der Waals surface area contributed by atoms with Crippen LogP contribution in [0.5, 0.6) is 0 Å². The molecule has 2 N–H and O–H groups in total. The van der Waals surface area contributed by atoms with Gasteiger partial charge in [-0.05, 0) is 63.3 Å². The minimum Gasteiger partial charge on any atom is -0.329 e. The number of hydrogen-bond donors (Lipinski definition) is 1. The Kier molecular flexibility index (Phi) is 4.42. The highest BCUT2D eigenvalue weighted by Crippen LogP contribution is 2.48. The van der Waals surface area contributed by atoms with Crippen molar-refractivity contribution in [1.29, 1.82) is 0 Å². The average molecular weight is 278 g/mol. The maximum absolute atomic E-state index is 6.33. The smallest absolute Gasteiger partial charge is 0.0334 e. The van der Waals surface area contributed by atoms with Crippen molar-refractivity contribution >= 4 is 0 Å². The van der Waals surface area contributed by atoms with Crippen molar-refractivity contribution in [2.45, 2.75) is 82.7 Å². The second kappa shape index (κ2) is 5.96. The monoisotopic (exact) mass is 278 g/mol. The van der Waals surface area contributed by atoms with Crippen molar-refractivity contribution in [2.75, 3.05) is 13.6 Å². The van der Waals surface area contributed by atoms with Gasteiger partial charge in [-0.1, -0.05) is 32.6 Å². The molecule has 2 heteroatoms. The lowest BCUT2D eigenvalue weighted by Gasteiger charge is -2.52. The van der Waals surface area contributed by atoms with Gasteiger partial charge in [-0.15, -0.1) is 0 Å². The van der Waals surface area contributed by atoms with Crippen LogP contribution in [0.2, 0.25) is 0 Å². The van der Waals surface area contributed by atoms with E-state index >= 15 is 0 Å². The van der Waals surface area contributed by atoms with Crippen LogP contribution in [-0.4, -0.2) is 30.1 Å². The van der Waals surface area contributed by atoms with E-state index in [0.717, 1.165) is 30.3 Å². The molecule has 3 fully saturated rings. The molecule has 4 atom stereocenters. The highest BCUT2D eigenvalue weighted by atomic mass is 15.2. The van der Waals surface area contributed by atoms with Gasteiger partial charge in [0.15, 0.2) is 0 Å². The second-order valence-electron chi connectivity index (χ2n) is 8.06. The van der Waals surface area contributed by atoms with E-state index in [9.17, 15) is 0 Å². The summed E-state index contributed by atoms with van der Waals surface area (Å²) >= 11 is 0. The summed E-state index contributed by atoms with van der Waals surface area (Å²) in [5.74, 6) is 2.89. The van der Waals surface area contributed by atoms with Gasteiger partial charge in [-0.2, -0.15) is 0 Å². The van der Waals surface area contributed by atoms with E-state index in [-0.39, 0.29) is 0 Å². The lowest BCUT2D eigenvalue weighted by molar-refractivity contribution is -0.00962. The molecule has 3 rings (SSSR count). The third-order valence-corrected chi connectivity index (χ3v) is 6.84. The molecule has 0 heterocycles. The largest absolute Gasteiger partial charge is 0.329 e. The van der Waals surface area contributed by atoms with Gasteiger partial charge >= 0.3 is 0 Å². The Bertz CT molecular complexity index is 325. The topological polar surface area (TPSA) is 29.3 Å². The van der Waals surface area contributed by atoms with E-state index in [2.05, 4.69) is 18.9 Å². The fourth-order valence-corrected chi connectivity index (χ4v) is 5.23. The molecule has 3 saturated carbocycles. The zero-order valence-electron chi connectivity index (χ0n) is 13.6. The summed E-state index contributed by atoms with van der Waals surface area (Å²) in [4.78, 5) is 2.76. The van der Waals surface area contributed by atoms with Crippen LogP contribution < -0.4 is 5.73 Å². The lowest BCUT2D eigenvalue weighted by Crippen LogP contribution is -2.59. The molecule has 20 heavy (non-hydrogen) atoms. The Morgan fingerprint density at radius 1 is 1.00 bits per heavy atom. The molecule has 2 nitrogen and oxygen atoms in total. The van der Waals surface area contributed by atoms with Crippen molar-refractivity contribution in [1.82, 2.24) is 4.90 Å². The van der Waals surface area contributed by atoms with Crippen LogP contribution in [0.25, 0.3) is 0 Å². The average Bonchev–Trinajstić information content (AvgIpc) is 3.32. The number of nitrogens with two attached hydrogens (primary N) is 1. The highest BCUT2D eigenvalue weighted by molar-refractivity contribution is 5.01. The molecule has 0 amide bonds. The third kappa shape index (κ3) is 2.78. The standard InChI is InChI=1S/C18H34N2/c1-14-6-3-4-8-17(14)20(2)18(13-19)11-5-7-16(12-18)15-9-10-15/h14-17H,3-13,19H2,1-2H3. The van der Waals surface area contributed by atoms with Crippen LogP contribution >= 0.6 is 0 Å². The van der Waals surface area contributed by atoms with Crippen LogP contribution in [0.15, 0.2) is 0 Å². The van der Waals surface area contributed by atoms with Gasteiger partial charge in [0, 0.05) is 18.1 Å². The molecule has 0 bridgehead atoms. The molecule has 4 unspecified atom stereocenters. The van der Waals surface area contributed by atoms with Crippen LogP contribution in [0, 0.1) is 17.8 Å². The Hall–Kier alpha value is -0.0800. The molecule has 3 aliphatic rings. The fraction of sp³-hybridized carbons (Fsp3) is 1.00. The van der Waals surface area contributed by atoms with E-state index < -0.39 is 0 Å². The molecule has 0 saturated heterocycles. The Labute approximate surface area is 125 Å². The summed E-state index contributed by atoms with van der Waals surface area (Å²) in [5, 5.41) is 0. The van der Waals surface area contributed by atoms with E-state index in [1.807, 2.05) is 0 Å². The van der Waals surface area contributed by atoms with Crippen molar-refractivity contribution in [3.63, 3.8) is 0 Å². The van der Waals surface area contributed by atoms with Gasteiger partial charge in [-0.3, -0.25) is 4.90 Å². The molecule has 0 radical (unpaired) electrons. The van der Waals surface area contributed by atoms with Gasteiger partial charge in [0.25, 0.3) is 0 Å². The second-order valence-corrected chi connectivity index (χ2v) is 8.06. The van der Waals surface area contributed by atoms with Gasteiger partial charge < -0.3 is 5.73 Å². The van der Waals surface area contributed by atoms with Gasteiger partial charge in [0.2, 0.25) is 0 Å². The number of hydrogen-bond acceptors (Lipinski definition) is 2. The number of likely N-dealkylation sites (N-methyl/N-ethyl adjacent to an activating group) is 1. The van der Waals surface area contributed by atoms with Crippen molar-refractivity contribution in [3.8, 4) is 0 Å². The lowest BCUT2D eigenvalue weighted by atomic mass is 9.71. The molecule has 116 valence electrons. The van der Waals surface area contributed by atoms with E-state index in [0.29, 0.717) is 5.54 Å². The zero-order valence-corrected chi connectivity index (χ0v) is 13.6. The first-order valence-electron chi connectivity index (χ1n) is 9.09. The van der Waals surface area contributed by atoms with Gasteiger partial charge in [0.05, 0.1) is 0 Å². The highest BCUT2D eigenvalue weighted by Gasteiger charge is 2.45. The van der Waals surface area contributed by atoms with Crippen LogP contribution in [0.3, 0.4) is 0 Å². The third-order valence-electron chi connectivity index (χ3n) is 6.84. The summed E-state index contributed by atoms with van der Waals surface area (Å²) in [6, 6.07) is 0.783. The summed E-state index contributed by atoms with van der Waals surface area (Å²) in [6.07, 6.45) is 14.3. The van der Waals surface area contributed by atoms with E-state index in [1.54, 1.807) is 0 Å². The van der Waals surface area contributed by atoms with E-state index in [1.165, 1.54) is 64.2 Å². The molecule has 0 aromatic carbocycles. The summed E-state index contributed by atoms with van der Waals surface area (Å²) < 4.78 is 0. The van der Waals surface area contributed by atoms with Crippen LogP contribution in [-0.2, 0) is 0 Å². The molecular weight excluding hydrogens is 244 g/mol. The predicted molar refractivity (Wildman–Crippen MR) is 85.7 cm³/mol. The quantitative estimate of drug-likeness (QED) is 0.847. The van der Waals surface area contributed by atoms with Gasteiger partial charge in [-0.25, -0.2) is 0 Å². The predicted octanol–water partition coefficient (Wildman–Crippen LogP) is 3.79.